The van der Waals surface area contributed by atoms with E-state index in [2.05, 4.69) is 4.90 Å². The van der Waals surface area contributed by atoms with Crippen molar-refractivity contribution in [3.63, 3.8) is 0 Å². The number of methoxy groups -OCH3 is 1. The summed E-state index contributed by atoms with van der Waals surface area (Å²) in [5.74, 6) is 1.65. The summed E-state index contributed by atoms with van der Waals surface area (Å²) in [4.78, 5) is 2.44. The van der Waals surface area contributed by atoms with Crippen molar-refractivity contribution in [3.8, 4) is 11.5 Å². The van der Waals surface area contributed by atoms with Crippen LogP contribution in [0.1, 0.15) is 31.4 Å². The van der Waals surface area contributed by atoms with E-state index in [0.29, 0.717) is 6.61 Å². The molecule has 1 aliphatic heterocycles. The third-order valence-corrected chi connectivity index (χ3v) is 3.58. The molecule has 1 aromatic rings. The molecule has 1 saturated heterocycles. The van der Waals surface area contributed by atoms with Crippen LogP contribution in [-0.4, -0.2) is 38.3 Å². The number of benzene rings is 1. The number of rotatable bonds is 6. The van der Waals surface area contributed by atoms with Crippen molar-refractivity contribution >= 4 is 0 Å². The zero-order valence-electron chi connectivity index (χ0n) is 11.9. The highest BCUT2D eigenvalue weighted by Crippen LogP contribution is 2.28. The maximum atomic E-state index is 5.97. The maximum absolute atomic E-state index is 5.97. The Morgan fingerprint density at radius 2 is 2.05 bits per heavy atom. The van der Waals surface area contributed by atoms with Gasteiger partial charge in [-0.3, -0.25) is 4.90 Å². The van der Waals surface area contributed by atoms with Crippen LogP contribution in [0.2, 0.25) is 0 Å². The van der Waals surface area contributed by atoms with Gasteiger partial charge in [0.25, 0.3) is 0 Å². The van der Waals surface area contributed by atoms with Crippen molar-refractivity contribution in [2.75, 3.05) is 33.4 Å². The van der Waals surface area contributed by atoms with Gasteiger partial charge in [0.2, 0.25) is 0 Å². The summed E-state index contributed by atoms with van der Waals surface area (Å²) in [6.45, 7) is 6.04. The van der Waals surface area contributed by atoms with Crippen molar-refractivity contribution in [2.24, 2.45) is 5.73 Å². The van der Waals surface area contributed by atoms with Crippen LogP contribution in [0.4, 0.5) is 0 Å². The molecule has 1 aromatic carbocycles. The normalized spacial score (nSPS) is 17.4. The Morgan fingerprint density at radius 1 is 1.32 bits per heavy atom. The molecule has 0 aromatic heterocycles. The number of hydrogen-bond acceptors (Lipinski definition) is 4. The molecule has 0 aliphatic carbocycles. The maximum Gasteiger partial charge on any atom is 0.127 e. The molecule has 1 aliphatic rings. The van der Waals surface area contributed by atoms with Gasteiger partial charge in [0.15, 0.2) is 0 Å². The standard InChI is InChI=1S/C15H24N2O2/c1-12(16)14-6-5-13(18-2)11-15(14)19-10-9-17-7-3-4-8-17/h5-6,11-12H,3-4,7-10,16H2,1-2H3/t12-/m1/s1. The Kier molecular flexibility index (Phi) is 5.05. The van der Waals surface area contributed by atoms with E-state index < -0.39 is 0 Å². The van der Waals surface area contributed by atoms with E-state index in [1.165, 1.54) is 25.9 Å². The molecule has 19 heavy (non-hydrogen) atoms. The largest absolute Gasteiger partial charge is 0.497 e. The topological polar surface area (TPSA) is 47.7 Å². The van der Waals surface area contributed by atoms with E-state index in [9.17, 15) is 0 Å². The first-order chi connectivity index (χ1) is 9.20. The van der Waals surface area contributed by atoms with Crippen LogP contribution in [0.5, 0.6) is 11.5 Å². The molecule has 2 N–H and O–H groups in total. The van der Waals surface area contributed by atoms with Gasteiger partial charge < -0.3 is 15.2 Å². The highest BCUT2D eigenvalue weighted by atomic mass is 16.5. The van der Waals surface area contributed by atoms with Crippen molar-refractivity contribution < 1.29 is 9.47 Å². The molecule has 2 rings (SSSR count). The van der Waals surface area contributed by atoms with Gasteiger partial charge in [-0.25, -0.2) is 0 Å². The average molecular weight is 264 g/mol. The molecular formula is C15H24N2O2. The molecule has 4 heteroatoms. The lowest BCUT2D eigenvalue weighted by Gasteiger charge is -2.18. The first-order valence-electron chi connectivity index (χ1n) is 6.99. The third-order valence-electron chi connectivity index (χ3n) is 3.58. The van der Waals surface area contributed by atoms with Gasteiger partial charge in [-0.15, -0.1) is 0 Å². The van der Waals surface area contributed by atoms with E-state index >= 15 is 0 Å². The van der Waals surface area contributed by atoms with Gasteiger partial charge in [0, 0.05) is 24.2 Å². The first-order valence-corrected chi connectivity index (χ1v) is 6.99. The molecule has 4 nitrogen and oxygen atoms in total. The van der Waals surface area contributed by atoms with E-state index in [1.807, 2.05) is 25.1 Å². The molecular weight excluding hydrogens is 240 g/mol. The highest BCUT2D eigenvalue weighted by Gasteiger charge is 2.13. The van der Waals surface area contributed by atoms with Crippen molar-refractivity contribution in [2.45, 2.75) is 25.8 Å². The van der Waals surface area contributed by atoms with E-state index in [0.717, 1.165) is 23.6 Å². The molecule has 106 valence electrons. The van der Waals surface area contributed by atoms with Gasteiger partial charge in [-0.1, -0.05) is 6.07 Å². The van der Waals surface area contributed by atoms with E-state index in [4.69, 9.17) is 15.2 Å². The zero-order valence-corrected chi connectivity index (χ0v) is 11.9. The lowest BCUT2D eigenvalue weighted by Crippen LogP contribution is -2.25. The van der Waals surface area contributed by atoms with Crippen LogP contribution in [0, 0.1) is 0 Å². The van der Waals surface area contributed by atoms with Crippen molar-refractivity contribution in [3.05, 3.63) is 23.8 Å². The quantitative estimate of drug-likeness (QED) is 0.855. The predicted molar refractivity (Wildman–Crippen MR) is 76.8 cm³/mol. The van der Waals surface area contributed by atoms with E-state index in [-0.39, 0.29) is 6.04 Å². The summed E-state index contributed by atoms with van der Waals surface area (Å²) >= 11 is 0. The molecule has 1 atom stereocenters. The molecule has 0 unspecified atom stereocenters. The Morgan fingerprint density at radius 3 is 2.68 bits per heavy atom. The number of hydrogen-bond donors (Lipinski definition) is 1. The Balaban J connectivity index is 1.96. The smallest absolute Gasteiger partial charge is 0.127 e. The van der Waals surface area contributed by atoms with Crippen LogP contribution >= 0.6 is 0 Å². The number of nitrogens with zero attached hydrogens (tertiary/aromatic N) is 1. The number of nitrogens with two attached hydrogens (primary N) is 1. The van der Waals surface area contributed by atoms with Gasteiger partial charge >= 0.3 is 0 Å². The minimum Gasteiger partial charge on any atom is -0.497 e. The minimum absolute atomic E-state index is 0.0345. The lowest BCUT2D eigenvalue weighted by molar-refractivity contribution is 0.235. The van der Waals surface area contributed by atoms with Gasteiger partial charge in [-0.05, 0) is 38.9 Å². The van der Waals surface area contributed by atoms with Crippen LogP contribution < -0.4 is 15.2 Å². The summed E-state index contributed by atoms with van der Waals surface area (Å²) in [5, 5.41) is 0. The Hall–Kier alpha value is -1.26. The fraction of sp³-hybridized carbons (Fsp3) is 0.600. The first kappa shape index (κ1) is 14.2. The molecule has 0 spiro atoms. The molecule has 0 amide bonds. The fourth-order valence-electron chi connectivity index (χ4n) is 2.43. The lowest BCUT2D eigenvalue weighted by atomic mass is 10.1. The summed E-state index contributed by atoms with van der Waals surface area (Å²) in [6, 6.07) is 5.79. The molecule has 0 saturated carbocycles. The zero-order chi connectivity index (χ0) is 13.7. The average Bonchev–Trinajstić information content (AvgIpc) is 2.91. The summed E-state index contributed by atoms with van der Waals surface area (Å²) in [6.07, 6.45) is 2.62. The second-order valence-corrected chi connectivity index (χ2v) is 5.09. The molecule has 1 fully saturated rings. The fourth-order valence-corrected chi connectivity index (χ4v) is 2.43. The number of likely N-dealkylation sites (tertiary alicyclic amines) is 1. The van der Waals surface area contributed by atoms with Crippen molar-refractivity contribution in [1.82, 2.24) is 4.90 Å². The van der Waals surface area contributed by atoms with Crippen molar-refractivity contribution in [1.29, 1.82) is 0 Å². The highest BCUT2D eigenvalue weighted by molar-refractivity contribution is 5.42. The molecule has 0 bridgehead atoms. The van der Waals surface area contributed by atoms with Gasteiger partial charge in [-0.2, -0.15) is 0 Å². The third kappa shape index (κ3) is 3.85. The van der Waals surface area contributed by atoms with Crippen LogP contribution in [0.25, 0.3) is 0 Å². The molecule has 0 radical (unpaired) electrons. The van der Waals surface area contributed by atoms with Crippen LogP contribution in [0.3, 0.4) is 0 Å². The van der Waals surface area contributed by atoms with Gasteiger partial charge in [0.1, 0.15) is 18.1 Å². The van der Waals surface area contributed by atoms with Crippen LogP contribution in [0.15, 0.2) is 18.2 Å². The predicted octanol–water partition coefficient (Wildman–Crippen LogP) is 2.19. The van der Waals surface area contributed by atoms with Gasteiger partial charge in [0.05, 0.1) is 7.11 Å². The monoisotopic (exact) mass is 264 g/mol. The van der Waals surface area contributed by atoms with Crippen LogP contribution in [-0.2, 0) is 0 Å². The Bertz CT molecular complexity index is 401. The minimum atomic E-state index is -0.0345. The van der Waals surface area contributed by atoms with E-state index in [1.54, 1.807) is 7.11 Å². The summed E-state index contributed by atoms with van der Waals surface area (Å²) in [5.41, 5.74) is 7.00. The summed E-state index contributed by atoms with van der Waals surface area (Å²) < 4.78 is 11.1. The Labute approximate surface area is 115 Å². The molecule has 1 heterocycles. The summed E-state index contributed by atoms with van der Waals surface area (Å²) in [7, 11) is 1.66. The number of ether oxygens (including phenoxy) is 2. The second kappa shape index (κ2) is 6.78. The SMILES string of the molecule is COc1ccc([C@@H](C)N)c(OCCN2CCCC2)c1. The second-order valence-electron chi connectivity index (χ2n) is 5.09.